The average Bonchev–Trinajstić information content (AvgIpc) is 2.64. The van der Waals surface area contributed by atoms with Gasteiger partial charge in [0.15, 0.2) is 0 Å². The first-order chi connectivity index (χ1) is 5.50. The van der Waals surface area contributed by atoms with Crippen LogP contribution in [0.15, 0.2) is 41.4 Å². The average molecular weight is 152 g/mol. The molecule has 60 valence electrons. The van der Waals surface area contributed by atoms with Crippen molar-refractivity contribution in [1.82, 2.24) is 10.6 Å². The van der Waals surface area contributed by atoms with E-state index in [9.17, 15) is 0 Å². The van der Waals surface area contributed by atoms with Crippen LogP contribution in [0.4, 0.5) is 0 Å². The first-order valence-electron chi connectivity index (χ1n) is 3.56. The second-order valence-electron chi connectivity index (χ2n) is 2.03. The van der Waals surface area contributed by atoms with Crippen LogP contribution < -0.4 is 10.6 Å². The van der Waals surface area contributed by atoms with Gasteiger partial charge in [-0.1, -0.05) is 6.08 Å². The van der Waals surface area contributed by atoms with E-state index in [0.717, 1.165) is 13.2 Å². The van der Waals surface area contributed by atoms with Crippen LogP contribution in [0, 0.1) is 0 Å². The first-order valence-corrected chi connectivity index (χ1v) is 3.56. The third kappa shape index (κ3) is 4.22. The van der Waals surface area contributed by atoms with Crippen LogP contribution in [0.1, 0.15) is 0 Å². The molecule has 11 heavy (non-hydrogen) atoms. The minimum Gasteiger partial charge on any atom is -0.473 e. The maximum absolute atomic E-state index is 4.58. The van der Waals surface area contributed by atoms with Gasteiger partial charge in [0, 0.05) is 6.54 Å². The molecule has 2 rings (SSSR count). The van der Waals surface area contributed by atoms with Gasteiger partial charge in [-0.3, -0.25) is 5.32 Å². The molecule has 3 nitrogen and oxygen atoms in total. The summed E-state index contributed by atoms with van der Waals surface area (Å²) in [5, 5.41) is 6.08. The van der Waals surface area contributed by atoms with Crippen molar-refractivity contribution in [3.63, 3.8) is 0 Å². The van der Waals surface area contributed by atoms with E-state index >= 15 is 0 Å². The first kappa shape index (κ1) is 7.88. The van der Waals surface area contributed by atoms with E-state index in [2.05, 4.69) is 15.1 Å². The molecule has 2 heterocycles. The Morgan fingerprint density at radius 2 is 2.00 bits per heavy atom. The second-order valence-corrected chi connectivity index (χ2v) is 2.03. The minimum absolute atomic E-state index is 0.913. The van der Waals surface area contributed by atoms with E-state index in [1.165, 1.54) is 0 Å². The van der Waals surface area contributed by atoms with E-state index in [-0.39, 0.29) is 0 Å². The van der Waals surface area contributed by atoms with Gasteiger partial charge in [-0.05, 0) is 18.3 Å². The summed E-state index contributed by atoms with van der Waals surface area (Å²) in [4.78, 5) is 0. The number of rotatable bonds is 0. The van der Waals surface area contributed by atoms with Crippen LogP contribution in [0.25, 0.3) is 0 Å². The highest BCUT2D eigenvalue weighted by Gasteiger charge is 1.81. The number of hydrogen-bond acceptors (Lipinski definition) is 3. The van der Waals surface area contributed by atoms with Crippen molar-refractivity contribution >= 4 is 0 Å². The molecule has 0 unspecified atom stereocenters. The molecule has 0 fully saturated rings. The molecule has 0 bridgehead atoms. The van der Waals surface area contributed by atoms with E-state index in [1.807, 2.05) is 24.4 Å². The Kier molecular flexibility index (Phi) is 3.98. The summed E-state index contributed by atoms with van der Waals surface area (Å²) in [5.74, 6) is 0. The van der Waals surface area contributed by atoms with Gasteiger partial charge in [0.2, 0.25) is 0 Å². The quantitative estimate of drug-likeness (QED) is 0.580. The Bertz CT molecular complexity index is 157. The van der Waals surface area contributed by atoms with Crippen LogP contribution in [0.2, 0.25) is 0 Å². The summed E-state index contributed by atoms with van der Waals surface area (Å²) in [6.07, 6.45) is 7.25. The van der Waals surface area contributed by atoms with E-state index in [1.54, 1.807) is 12.5 Å². The number of hydrogen-bond donors (Lipinski definition) is 2. The lowest BCUT2D eigenvalue weighted by molar-refractivity contribution is 0.567. The van der Waals surface area contributed by atoms with E-state index in [0.29, 0.717) is 0 Å². The lowest BCUT2D eigenvalue weighted by Gasteiger charge is -2.05. The van der Waals surface area contributed by atoms with Crippen LogP contribution in [0.5, 0.6) is 0 Å². The van der Waals surface area contributed by atoms with Crippen molar-refractivity contribution in [3.05, 3.63) is 36.9 Å². The minimum atomic E-state index is 0.913. The smallest absolute Gasteiger partial charge is 0.0902 e. The lowest BCUT2D eigenvalue weighted by atomic mass is 10.5. The maximum Gasteiger partial charge on any atom is 0.0902 e. The van der Waals surface area contributed by atoms with Gasteiger partial charge in [-0.15, -0.1) is 0 Å². The summed E-state index contributed by atoms with van der Waals surface area (Å²) in [6.45, 7) is 1.92. The Morgan fingerprint density at radius 3 is 2.18 bits per heavy atom. The number of nitrogens with one attached hydrogen (secondary N) is 2. The van der Waals surface area contributed by atoms with Crippen molar-refractivity contribution in [2.24, 2.45) is 0 Å². The van der Waals surface area contributed by atoms with Gasteiger partial charge in [-0.2, -0.15) is 0 Å². The summed E-state index contributed by atoms with van der Waals surface area (Å²) in [6, 6.07) is 3.67. The Morgan fingerprint density at radius 1 is 1.18 bits per heavy atom. The van der Waals surface area contributed by atoms with Crippen molar-refractivity contribution in [2.45, 2.75) is 0 Å². The van der Waals surface area contributed by atoms with Gasteiger partial charge < -0.3 is 9.73 Å². The summed E-state index contributed by atoms with van der Waals surface area (Å²) < 4.78 is 4.58. The van der Waals surface area contributed by atoms with E-state index in [4.69, 9.17) is 0 Å². The molecule has 0 spiro atoms. The van der Waals surface area contributed by atoms with Crippen molar-refractivity contribution < 1.29 is 4.42 Å². The molecule has 0 atom stereocenters. The largest absolute Gasteiger partial charge is 0.473 e. The molecule has 0 saturated heterocycles. The molecule has 1 aromatic heterocycles. The molecular formula is C8H12N2O. The van der Waals surface area contributed by atoms with Gasteiger partial charge in [0.05, 0.1) is 19.2 Å². The third-order valence-electron chi connectivity index (χ3n) is 1.15. The van der Waals surface area contributed by atoms with Crippen LogP contribution in [-0.4, -0.2) is 13.2 Å². The third-order valence-corrected chi connectivity index (χ3v) is 1.15. The predicted molar refractivity (Wildman–Crippen MR) is 43.9 cm³/mol. The number of furan rings is 1. The fourth-order valence-corrected chi connectivity index (χ4v) is 0.656. The molecular weight excluding hydrogens is 140 g/mol. The summed E-state index contributed by atoms with van der Waals surface area (Å²) in [5.41, 5.74) is 0. The standard InChI is InChI=1S/C4H8N2.C4H4O/c1-2-5-4-6-3-1;1-2-4-5-3-1/h1-2,5-6H,3-4H2;1-4H. The second kappa shape index (κ2) is 5.56. The SMILES string of the molecule is C1=CNCNC1.c1ccoc1. The topological polar surface area (TPSA) is 37.2 Å². The summed E-state index contributed by atoms with van der Waals surface area (Å²) in [7, 11) is 0. The molecule has 1 aliphatic rings. The molecule has 0 amide bonds. The molecule has 2 N–H and O–H groups in total. The fourth-order valence-electron chi connectivity index (χ4n) is 0.656. The van der Waals surface area contributed by atoms with Gasteiger partial charge in [-0.25, -0.2) is 0 Å². The zero-order chi connectivity index (χ0) is 7.78. The van der Waals surface area contributed by atoms with Crippen LogP contribution in [0.3, 0.4) is 0 Å². The summed E-state index contributed by atoms with van der Waals surface area (Å²) >= 11 is 0. The Labute approximate surface area is 66.1 Å². The highest BCUT2D eigenvalue weighted by Crippen LogP contribution is 1.79. The monoisotopic (exact) mass is 152 g/mol. The van der Waals surface area contributed by atoms with Gasteiger partial charge in [0.25, 0.3) is 0 Å². The van der Waals surface area contributed by atoms with Crippen LogP contribution in [-0.2, 0) is 0 Å². The zero-order valence-corrected chi connectivity index (χ0v) is 6.29. The molecule has 1 aliphatic heterocycles. The van der Waals surface area contributed by atoms with Crippen molar-refractivity contribution in [1.29, 1.82) is 0 Å². The highest BCUT2D eigenvalue weighted by atomic mass is 16.3. The molecule has 3 heteroatoms. The maximum atomic E-state index is 4.58. The van der Waals surface area contributed by atoms with Crippen molar-refractivity contribution in [2.75, 3.05) is 13.2 Å². The molecule has 0 saturated carbocycles. The molecule has 1 aromatic rings. The van der Waals surface area contributed by atoms with Crippen LogP contribution >= 0.6 is 0 Å². The van der Waals surface area contributed by atoms with Crippen molar-refractivity contribution in [3.8, 4) is 0 Å². The predicted octanol–water partition coefficient (Wildman–Crippen LogP) is 0.930. The Balaban J connectivity index is 0.000000112. The fraction of sp³-hybridized carbons (Fsp3) is 0.250. The zero-order valence-electron chi connectivity index (χ0n) is 6.29. The molecule has 0 aromatic carbocycles. The van der Waals surface area contributed by atoms with Gasteiger partial charge in [0.1, 0.15) is 0 Å². The normalized spacial score (nSPS) is 14.5. The van der Waals surface area contributed by atoms with E-state index < -0.39 is 0 Å². The molecule has 0 radical (unpaired) electrons. The molecule has 0 aliphatic carbocycles. The van der Waals surface area contributed by atoms with Gasteiger partial charge >= 0.3 is 0 Å². The lowest BCUT2D eigenvalue weighted by Crippen LogP contribution is -2.29. The Hall–Kier alpha value is -1.22. The highest BCUT2D eigenvalue weighted by molar-refractivity contribution is 4.84.